The Morgan fingerprint density at radius 2 is 1.78 bits per heavy atom. The smallest absolute Gasteiger partial charge is 0.224 e. The highest BCUT2D eigenvalue weighted by Gasteiger charge is 2.16. The van der Waals surface area contributed by atoms with Crippen LogP contribution in [0.5, 0.6) is 0 Å². The van der Waals surface area contributed by atoms with Gasteiger partial charge >= 0.3 is 0 Å². The Labute approximate surface area is 142 Å². The van der Waals surface area contributed by atoms with Gasteiger partial charge in [0.1, 0.15) is 0 Å². The van der Waals surface area contributed by atoms with Gasteiger partial charge in [-0.3, -0.25) is 4.79 Å². The lowest BCUT2D eigenvalue weighted by molar-refractivity contribution is -0.117. The van der Waals surface area contributed by atoms with Crippen LogP contribution in [-0.2, 0) is 4.79 Å². The summed E-state index contributed by atoms with van der Waals surface area (Å²) in [6.07, 6.45) is 6.03. The second-order valence-electron chi connectivity index (χ2n) is 5.61. The number of carbonyl (C=O) groups excluding carboxylic acids is 1. The number of halogens is 1. The number of nitrogens with one attached hydrogen (secondary N) is 2. The third-order valence-corrected chi connectivity index (χ3v) is 3.90. The summed E-state index contributed by atoms with van der Waals surface area (Å²) in [4.78, 5) is 20.7. The molecule has 5 nitrogen and oxygen atoms in total. The first-order valence-electron chi connectivity index (χ1n) is 7.69. The van der Waals surface area contributed by atoms with E-state index in [4.69, 9.17) is 0 Å². The number of rotatable bonds is 4. The van der Waals surface area contributed by atoms with Crippen LogP contribution in [0.3, 0.4) is 0 Å². The van der Waals surface area contributed by atoms with Gasteiger partial charge in [0.05, 0.1) is 18.1 Å². The molecule has 0 unspecified atom stereocenters. The molecule has 2 heterocycles. The van der Waals surface area contributed by atoms with Crippen molar-refractivity contribution in [3.05, 3.63) is 42.7 Å². The normalized spacial score (nSPS) is 14.8. The van der Waals surface area contributed by atoms with Gasteiger partial charge in [-0.2, -0.15) is 0 Å². The molecule has 1 fully saturated rings. The molecule has 0 atom stereocenters. The molecule has 122 valence electrons. The Morgan fingerprint density at radius 1 is 1.13 bits per heavy atom. The SMILES string of the molecule is Cl.O=C(CC1CCNCC1)Nc1cnc(-c2ccccc2)nc1. The van der Waals surface area contributed by atoms with Gasteiger partial charge in [0.15, 0.2) is 5.82 Å². The van der Waals surface area contributed by atoms with Gasteiger partial charge in [0.2, 0.25) is 5.91 Å². The maximum atomic E-state index is 12.0. The minimum absolute atomic E-state index is 0. The minimum atomic E-state index is 0. The van der Waals surface area contributed by atoms with E-state index in [2.05, 4.69) is 20.6 Å². The van der Waals surface area contributed by atoms with Crippen LogP contribution >= 0.6 is 12.4 Å². The third-order valence-electron chi connectivity index (χ3n) is 3.90. The Hall–Kier alpha value is -1.98. The highest BCUT2D eigenvalue weighted by Crippen LogP contribution is 2.18. The largest absolute Gasteiger partial charge is 0.323 e. The molecule has 0 spiro atoms. The number of piperidine rings is 1. The van der Waals surface area contributed by atoms with Crippen molar-refractivity contribution in [2.24, 2.45) is 5.92 Å². The van der Waals surface area contributed by atoms with E-state index in [9.17, 15) is 4.79 Å². The van der Waals surface area contributed by atoms with Gasteiger partial charge in [0.25, 0.3) is 0 Å². The van der Waals surface area contributed by atoms with E-state index in [0.717, 1.165) is 31.5 Å². The Balaban J connectivity index is 0.00000192. The molecule has 0 saturated carbocycles. The standard InChI is InChI=1S/C17H20N4O.ClH/c22-16(10-13-6-8-18-9-7-13)21-15-11-19-17(20-12-15)14-4-2-1-3-5-14;/h1-5,11-13,18H,6-10H2,(H,21,22);1H. The van der Waals surface area contributed by atoms with E-state index >= 15 is 0 Å². The highest BCUT2D eigenvalue weighted by atomic mass is 35.5. The highest BCUT2D eigenvalue weighted by molar-refractivity contribution is 5.90. The van der Waals surface area contributed by atoms with E-state index in [1.54, 1.807) is 12.4 Å². The van der Waals surface area contributed by atoms with Crippen LogP contribution in [0.15, 0.2) is 42.7 Å². The third kappa shape index (κ3) is 5.01. The second-order valence-corrected chi connectivity index (χ2v) is 5.61. The van der Waals surface area contributed by atoms with Crippen LogP contribution in [0.4, 0.5) is 5.69 Å². The average Bonchev–Trinajstić information content (AvgIpc) is 2.57. The molecule has 2 aromatic rings. The number of benzene rings is 1. The molecule has 6 heteroatoms. The molecule has 2 N–H and O–H groups in total. The first kappa shape index (κ1) is 17.4. The second kappa shape index (κ2) is 8.60. The van der Waals surface area contributed by atoms with Crippen molar-refractivity contribution >= 4 is 24.0 Å². The van der Waals surface area contributed by atoms with Gasteiger partial charge in [-0.05, 0) is 31.8 Å². The Morgan fingerprint density at radius 3 is 2.43 bits per heavy atom. The number of aromatic nitrogens is 2. The first-order valence-corrected chi connectivity index (χ1v) is 7.69. The van der Waals surface area contributed by atoms with Crippen LogP contribution in [0, 0.1) is 5.92 Å². The van der Waals surface area contributed by atoms with Crippen molar-refractivity contribution in [3.8, 4) is 11.4 Å². The maximum Gasteiger partial charge on any atom is 0.224 e. The molecule has 1 aliphatic heterocycles. The predicted molar refractivity (Wildman–Crippen MR) is 93.6 cm³/mol. The summed E-state index contributed by atoms with van der Waals surface area (Å²) in [7, 11) is 0. The quantitative estimate of drug-likeness (QED) is 0.903. The topological polar surface area (TPSA) is 66.9 Å². The molecule has 23 heavy (non-hydrogen) atoms. The summed E-state index contributed by atoms with van der Waals surface area (Å²) < 4.78 is 0. The Kier molecular flexibility index (Phi) is 6.50. The lowest BCUT2D eigenvalue weighted by atomic mass is 9.94. The monoisotopic (exact) mass is 332 g/mol. The molecule has 0 bridgehead atoms. The minimum Gasteiger partial charge on any atom is -0.323 e. The fraction of sp³-hybridized carbons (Fsp3) is 0.353. The summed E-state index contributed by atoms with van der Waals surface area (Å²) in [6, 6.07) is 9.79. The number of hydrogen-bond donors (Lipinski definition) is 2. The van der Waals surface area contributed by atoms with Crippen molar-refractivity contribution in [2.45, 2.75) is 19.3 Å². The molecule has 3 rings (SSSR count). The van der Waals surface area contributed by atoms with Crippen LogP contribution in [0.1, 0.15) is 19.3 Å². The van der Waals surface area contributed by atoms with Gasteiger partial charge in [-0.15, -0.1) is 12.4 Å². The van der Waals surface area contributed by atoms with E-state index in [0.29, 0.717) is 23.9 Å². The average molecular weight is 333 g/mol. The zero-order valence-electron chi connectivity index (χ0n) is 12.9. The molecular formula is C17H21ClN4O. The fourth-order valence-electron chi connectivity index (χ4n) is 2.69. The van der Waals surface area contributed by atoms with E-state index in [1.807, 2.05) is 30.3 Å². The number of amides is 1. The molecule has 1 saturated heterocycles. The van der Waals surface area contributed by atoms with E-state index in [1.165, 1.54) is 0 Å². The molecule has 0 aliphatic carbocycles. The maximum absolute atomic E-state index is 12.0. The van der Waals surface area contributed by atoms with Crippen LogP contribution in [-0.4, -0.2) is 29.0 Å². The van der Waals surface area contributed by atoms with Crippen LogP contribution in [0.25, 0.3) is 11.4 Å². The summed E-state index contributed by atoms with van der Waals surface area (Å²) in [5.74, 6) is 1.19. The lowest BCUT2D eigenvalue weighted by Gasteiger charge is -2.21. The predicted octanol–water partition coefficient (Wildman–Crippen LogP) is 2.89. The van der Waals surface area contributed by atoms with Gasteiger partial charge in [0, 0.05) is 12.0 Å². The summed E-state index contributed by atoms with van der Waals surface area (Å²) in [5.41, 5.74) is 1.62. The van der Waals surface area contributed by atoms with E-state index in [-0.39, 0.29) is 18.3 Å². The zero-order valence-corrected chi connectivity index (χ0v) is 13.7. The summed E-state index contributed by atoms with van der Waals surface area (Å²) in [5, 5.41) is 6.19. The molecule has 1 aromatic heterocycles. The number of hydrogen-bond acceptors (Lipinski definition) is 4. The Bertz CT molecular complexity index is 612. The van der Waals surface area contributed by atoms with Crippen molar-refractivity contribution < 1.29 is 4.79 Å². The van der Waals surface area contributed by atoms with Crippen LogP contribution in [0.2, 0.25) is 0 Å². The summed E-state index contributed by atoms with van der Waals surface area (Å²) in [6.45, 7) is 2.01. The molecule has 1 aromatic carbocycles. The van der Waals surface area contributed by atoms with Crippen molar-refractivity contribution in [2.75, 3.05) is 18.4 Å². The summed E-state index contributed by atoms with van der Waals surface area (Å²) >= 11 is 0. The molecular weight excluding hydrogens is 312 g/mol. The van der Waals surface area contributed by atoms with Crippen molar-refractivity contribution in [1.29, 1.82) is 0 Å². The van der Waals surface area contributed by atoms with Crippen LogP contribution < -0.4 is 10.6 Å². The van der Waals surface area contributed by atoms with Gasteiger partial charge in [-0.25, -0.2) is 9.97 Å². The van der Waals surface area contributed by atoms with Crippen molar-refractivity contribution in [1.82, 2.24) is 15.3 Å². The number of nitrogens with zero attached hydrogens (tertiary/aromatic N) is 2. The van der Waals surface area contributed by atoms with E-state index < -0.39 is 0 Å². The van der Waals surface area contributed by atoms with Gasteiger partial charge < -0.3 is 10.6 Å². The zero-order chi connectivity index (χ0) is 15.2. The molecule has 0 radical (unpaired) electrons. The molecule has 1 amide bonds. The number of anilines is 1. The van der Waals surface area contributed by atoms with Crippen molar-refractivity contribution in [3.63, 3.8) is 0 Å². The fourth-order valence-corrected chi connectivity index (χ4v) is 2.69. The number of carbonyl (C=O) groups is 1. The lowest BCUT2D eigenvalue weighted by Crippen LogP contribution is -2.30. The van der Waals surface area contributed by atoms with Gasteiger partial charge in [-0.1, -0.05) is 30.3 Å². The molecule has 1 aliphatic rings. The first-order chi connectivity index (χ1) is 10.8.